The summed E-state index contributed by atoms with van der Waals surface area (Å²) < 4.78 is 0. The number of likely N-dealkylation sites (tertiary alicyclic amines) is 1. The lowest BCUT2D eigenvalue weighted by atomic mass is 10.0. The number of carbonyl (C=O) groups excluding carboxylic acids is 3. The maximum absolute atomic E-state index is 13.0. The molecular weight excluding hydrogens is 408 g/mol. The van der Waals surface area contributed by atoms with E-state index in [9.17, 15) is 14.4 Å². The van der Waals surface area contributed by atoms with Gasteiger partial charge in [0.2, 0.25) is 0 Å². The number of aromatic nitrogens is 1. The Kier molecular flexibility index (Phi) is 5.41. The summed E-state index contributed by atoms with van der Waals surface area (Å²) in [5, 5.41) is 5.88. The lowest BCUT2D eigenvalue weighted by Crippen LogP contribution is -2.41. The average Bonchev–Trinajstić information content (AvgIpc) is 3.38. The fourth-order valence-corrected chi connectivity index (χ4v) is 4.35. The maximum atomic E-state index is 13.0. The van der Waals surface area contributed by atoms with E-state index in [4.69, 9.17) is 5.73 Å². The van der Waals surface area contributed by atoms with Crippen LogP contribution in [-0.4, -0.2) is 65.9 Å². The van der Waals surface area contributed by atoms with Crippen LogP contribution in [0.5, 0.6) is 0 Å². The van der Waals surface area contributed by atoms with E-state index in [2.05, 4.69) is 15.6 Å². The van der Waals surface area contributed by atoms with Crippen LogP contribution in [-0.2, 0) is 4.79 Å². The quantitative estimate of drug-likeness (QED) is 0.435. The molecule has 0 bridgehead atoms. The Hall–Kier alpha value is -3.75. The Balaban J connectivity index is 1.54. The number of nitrogens with one attached hydrogen (secondary N) is 3. The van der Waals surface area contributed by atoms with Crippen LogP contribution in [0.1, 0.15) is 39.3 Å². The van der Waals surface area contributed by atoms with Crippen LogP contribution in [0.3, 0.4) is 0 Å². The first-order chi connectivity index (χ1) is 15.2. The van der Waals surface area contributed by atoms with Crippen LogP contribution < -0.4 is 16.4 Å². The number of aromatic amines is 1. The molecule has 0 spiro atoms. The highest BCUT2D eigenvalue weighted by atomic mass is 16.2. The first kappa shape index (κ1) is 21.5. The molecule has 0 aliphatic carbocycles. The van der Waals surface area contributed by atoms with E-state index in [1.165, 1.54) is 4.90 Å². The number of fused-ring (bicyclic) bond motifs is 1. The molecule has 9 heteroatoms. The Bertz CT molecular complexity index is 1150. The van der Waals surface area contributed by atoms with Crippen molar-refractivity contribution in [3.8, 4) is 0 Å². The summed E-state index contributed by atoms with van der Waals surface area (Å²) in [6, 6.07) is 5.14. The largest absolute Gasteiger partial charge is 0.399 e. The number of hydrogen-bond acceptors (Lipinski definition) is 4. The SMILES string of the molecule is Cc1[nH]c(/C=C2\C(=O)Nc3cc(N)ccc32)c(C)c1C(=O)NC1CCN(C(=O)N(C)C)C1. The molecule has 0 radical (unpaired) electrons. The summed E-state index contributed by atoms with van der Waals surface area (Å²) in [5.41, 5.74) is 11.1. The average molecular weight is 437 g/mol. The van der Waals surface area contributed by atoms with Gasteiger partial charge in [0.15, 0.2) is 0 Å². The van der Waals surface area contributed by atoms with E-state index in [1.54, 1.807) is 37.2 Å². The van der Waals surface area contributed by atoms with E-state index in [0.717, 1.165) is 16.8 Å². The van der Waals surface area contributed by atoms with Crippen molar-refractivity contribution in [3.63, 3.8) is 0 Å². The molecule has 5 N–H and O–H groups in total. The maximum Gasteiger partial charge on any atom is 0.319 e. The Morgan fingerprint density at radius 3 is 2.75 bits per heavy atom. The number of anilines is 2. The number of urea groups is 1. The predicted molar refractivity (Wildman–Crippen MR) is 124 cm³/mol. The smallest absolute Gasteiger partial charge is 0.319 e. The first-order valence-corrected chi connectivity index (χ1v) is 10.5. The van der Waals surface area contributed by atoms with Crippen molar-refractivity contribution in [2.45, 2.75) is 26.3 Å². The molecule has 4 rings (SSSR count). The minimum atomic E-state index is -0.208. The highest BCUT2D eigenvalue weighted by molar-refractivity contribution is 6.35. The van der Waals surface area contributed by atoms with Gasteiger partial charge in [0.25, 0.3) is 11.8 Å². The van der Waals surface area contributed by atoms with Gasteiger partial charge in [-0.25, -0.2) is 4.79 Å². The number of rotatable bonds is 3. The lowest BCUT2D eigenvalue weighted by Gasteiger charge is -2.21. The van der Waals surface area contributed by atoms with Crippen LogP contribution in [0.2, 0.25) is 0 Å². The molecule has 1 aromatic carbocycles. The number of nitrogens with two attached hydrogens (primary N) is 1. The molecule has 1 fully saturated rings. The van der Waals surface area contributed by atoms with Gasteiger partial charge >= 0.3 is 6.03 Å². The van der Waals surface area contributed by atoms with Gasteiger partial charge in [-0.05, 0) is 44.0 Å². The molecule has 0 saturated carbocycles. The molecule has 32 heavy (non-hydrogen) atoms. The van der Waals surface area contributed by atoms with Crippen molar-refractivity contribution in [1.29, 1.82) is 0 Å². The number of benzene rings is 1. The van der Waals surface area contributed by atoms with Crippen molar-refractivity contribution in [1.82, 2.24) is 20.1 Å². The van der Waals surface area contributed by atoms with Gasteiger partial charge in [0.05, 0.1) is 16.8 Å². The van der Waals surface area contributed by atoms with E-state index in [-0.39, 0.29) is 23.9 Å². The van der Waals surface area contributed by atoms with Crippen molar-refractivity contribution in [2.75, 3.05) is 38.2 Å². The highest BCUT2D eigenvalue weighted by Gasteiger charge is 2.30. The zero-order valence-corrected chi connectivity index (χ0v) is 18.7. The van der Waals surface area contributed by atoms with Crippen LogP contribution in [0.15, 0.2) is 18.2 Å². The second-order valence-corrected chi connectivity index (χ2v) is 8.56. The van der Waals surface area contributed by atoms with Gasteiger partial charge in [-0.2, -0.15) is 0 Å². The number of nitrogen functional groups attached to an aromatic ring is 1. The van der Waals surface area contributed by atoms with Gasteiger partial charge in [-0.1, -0.05) is 6.07 Å². The van der Waals surface area contributed by atoms with Crippen molar-refractivity contribution < 1.29 is 14.4 Å². The standard InChI is InChI=1S/C23H28N6O3/c1-12-18(10-17-16-6-5-14(24)9-19(16)27-21(17)30)25-13(2)20(12)22(31)26-15-7-8-29(11-15)23(32)28(3)4/h5-6,9-10,15,25H,7-8,11,24H2,1-4H3,(H,26,31)(H,27,30)/b17-10-. The fraction of sp³-hybridized carbons (Fsp3) is 0.348. The van der Waals surface area contributed by atoms with Gasteiger partial charge in [-0.3, -0.25) is 9.59 Å². The molecule has 2 aromatic rings. The minimum Gasteiger partial charge on any atom is -0.399 e. The van der Waals surface area contributed by atoms with Crippen molar-refractivity contribution in [2.24, 2.45) is 0 Å². The second-order valence-electron chi connectivity index (χ2n) is 8.56. The van der Waals surface area contributed by atoms with Gasteiger partial charge in [0.1, 0.15) is 0 Å². The second kappa shape index (κ2) is 8.07. The predicted octanol–water partition coefficient (Wildman–Crippen LogP) is 2.19. The summed E-state index contributed by atoms with van der Waals surface area (Å²) in [6.07, 6.45) is 2.48. The molecule has 2 aliphatic rings. The van der Waals surface area contributed by atoms with Gasteiger partial charge in [0, 0.05) is 55.9 Å². The molecule has 1 aromatic heterocycles. The topological polar surface area (TPSA) is 124 Å². The number of carbonyl (C=O) groups is 3. The van der Waals surface area contributed by atoms with E-state index in [1.807, 2.05) is 19.9 Å². The summed E-state index contributed by atoms with van der Waals surface area (Å²) in [7, 11) is 3.43. The number of aryl methyl sites for hydroxylation is 1. The third kappa shape index (κ3) is 3.81. The molecule has 1 atom stereocenters. The number of amides is 4. The van der Waals surface area contributed by atoms with Gasteiger partial charge < -0.3 is 31.2 Å². The zero-order chi connectivity index (χ0) is 23.2. The Labute approximate surface area is 186 Å². The molecule has 3 heterocycles. The number of H-pyrrole nitrogens is 1. The fourth-order valence-electron chi connectivity index (χ4n) is 4.35. The summed E-state index contributed by atoms with van der Waals surface area (Å²) in [4.78, 5) is 44.2. The molecule has 2 aliphatic heterocycles. The van der Waals surface area contributed by atoms with E-state index < -0.39 is 0 Å². The van der Waals surface area contributed by atoms with Crippen LogP contribution in [0.25, 0.3) is 11.6 Å². The molecule has 4 amide bonds. The lowest BCUT2D eigenvalue weighted by molar-refractivity contribution is -0.110. The molecule has 1 unspecified atom stereocenters. The normalized spacial score (nSPS) is 18.6. The van der Waals surface area contributed by atoms with Gasteiger partial charge in [-0.15, -0.1) is 0 Å². The number of nitrogens with zero attached hydrogens (tertiary/aromatic N) is 2. The summed E-state index contributed by atoms with van der Waals surface area (Å²) in [5.74, 6) is -0.394. The monoisotopic (exact) mass is 436 g/mol. The Morgan fingerprint density at radius 1 is 1.28 bits per heavy atom. The van der Waals surface area contributed by atoms with Crippen LogP contribution >= 0.6 is 0 Å². The van der Waals surface area contributed by atoms with Crippen LogP contribution in [0.4, 0.5) is 16.2 Å². The highest BCUT2D eigenvalue weighted by Crippen LogP contribution is 2.35. The third-order valence-electron chi connectivity index (χ3n) is 6.00. The Morgan fingerprint density at radius 2 is 2.03 bits per heavy atom. The summed E-state index contributed by atoms with van der Waals surface area (Å²) >= 11 is 0. The van der Waals surface area contributed by atoms with E-state index in [0.29, 0.717) is 47.7 Å². The van der Waals surface area contributed by atoms with Crippen LogP contribution in [0, 0.1) is 13.8 Å². The first-order valence-electron chi connectivity index (χ1n) is 10.5. The summed E-state index contributed by atoms with van der Waals surface area (Å²) in [6.45, 7) is 4.80. The molecule has 1 saturated heterocycles. The van der Waals surface area contributed by atoms with Crippen molar-refractivity contribution >= 4 is 40.9 Å². The van der Waals surface area contributed by atoms with E-state index >= 15 is 0 Å². The zero-order valence-electron chi connectivity index (χ0n) is 18.7. The van der Waals surface area contributed by atoms with Crippen molar-refractivity contribution in [3.05, 3.63) is 46.3 Å². The third-order valence-corrected chi connectivity index (χ3v) is 6.00. The minimum absolute atomic E-state index is 0.0541. The number of hydrogen-bond donors (Lipinski definition) is 4. The molecule has 168 valence electrons. The molecule has 9 nitrogen and oxygen atoms in total. The molecular formula is C23H28N6O3.